The van der Waals surface area contributed by atoms with E-state index in [1.807, 2.05) is 130 Å². The molecule has 76 heavy (non-hydrogen) atoms. The summed E-state index contributed by atoms with van der Waals surface area (Å²) in [5.74, 6) is 0. The van der Waals surface area contributed by atoms with Gasteiger partial charge in [0.25, 0.3) is 0 Å². The molecule has 0 saturated heterocycles. The maximum absolute atomic E-state index is 15.1. The summed E-state index contributed by atoms with van der Waals surface area (Å²) in [4.78, 5) is 0. The third kappa shape index (κ3) is 7.92. The summed E-state index contributed by atoms with van der Waals surface area (Å²) < 4.78 is 49.3. The predicted octanol–water partition coefficient (Wildman–Crippen LogP) is 16.6. The molecule has 10 aromatic carbocycles. The van der Waals surface area contributed by atoms with E-state index in [0.717, 1.165) is 78.2 Å². The Kier molecular flexibility index (Phi) is 11.1. The monoisotopic (exact) mass is 981 g/mol. The fraction of sp³-hybridized carbons (Fsp3) is 0.0152. The molecule has 0 saturated carbocycles. The van der Waals surface area contributed by atoms with Crippen molar-refractivity contribution in [3.05, 3.63) is 240 Å². The van der Waals surface area contributed by atoms with Crippen LogP contribution >= 0.6 is 0 Å². The number of nitrogens with zero attached hydrogens (tertiary/aromatic N) is 7. The van der Waals surface area contributed by atoms with Gasteiger partial charge in [0.1, 0.15) is 0 Å². The van der Waals surface area contributed by atoms with E-state index in [1.165, 1.54) is 6.07 Å². The molecule has 2 aromatic heterocycles. The SMILES string of the molecule is N#Cc1cccc(-c2ccc3c4ccc(-c5cccc(C#N)c5)cc4n(-c4cc(C#N)cc(-n5c6cc(-c7cccc(C#N)c7)ccc6c6ccc(-c7cccc(C#N)c7)cc65)c4-c4cccc(C(F)(F)F)c4)c3c2)c1. The number of halogens is 3. The molecule has 0 aliphatic rings. The molecule has 12 rings (SSSR count). The molecule has 0 aliphatic heterocycles. The van der Waals surface area contributed by atoms with Crippen molar-refractivity contribution in [2.45, 2.75) is 6.18 Å². The van der Waals surface area contributed by atoms with E-state index in [1.54, 1.807) is 66.7 Å². The average molecular weight is 982 g/mol. The highest BCUT2D eigenvalue weighted by molar-refractivity contribution is 6.14. The van der Waals surface area contributed by atoms with Gasteiger partial charge in [-0.2, -0.15) is 39.5 Å². The zero-order valence-electron chi connectivity index (χ0n) is 39.9. The zero-order valence-corrected chi connectivity index (χ0v) is 39.9. The number of rotatable bonds is 7. The van der Waals surface area contributed by atoms with Crippen molar-refractivity contribution in [2.24, 2.45) is 0 Å². The Morgan fingerprint density at radius 3 is 0.882 bits per heavy atom. The Morgan fingerprint density at radius 2 is 0.579 bits per heavy atom. The number of hydrogen-bond acceptors (Lipinski definition) is 5. The first-order chi connectivity index (χ1) is 37.0. The molecule has 354 valence electrons. The van der Waals surface area contributed by atoms with E-state index < -0.39 is 11.7 Å². The minimum absolute atomic E-state index is 0.220. The number of benzene rings is 10. The molecule has 12 aromatic rings. The molecule has 10 heteroatoms. The lowest BCUT2D eigenvalue weighted by molar-refractivity contribution is -0.137. The standard InChI is InChI=1S/C66H34F3N7/c67-66(68,69)54-15-5-14-53(30-54)65-63(75-59-31-49(45-10-1-6-40(24-45)35-70)16-20-55(59)56-21-17-50(32-60(56)75)46-11-2-7-41(25-46)36-71)28-44(39-74)29-64(65)76-61-33-51(47-12-3-8-42(26-47)37-72)18-22-57(61)58-23-19-52(34-62(58)76)48-13-4-9-43(27-48)38-73/h1-34H. The fourth-order valence-corrected chi connectivity index (χ4v) is 10.5. The predicted molar refractivity (Wildman–Crippen MR) is 291 cm³/mol. The van der Waals surface area contributed by atoms with E-state index in [9.17, 15) is 26.3 Å². The Hall–Kier alpha value is -11.0. The van der Waals surface area contributed by atoms with Crippen molar-refractivity contribution < 1.29 is 13.2 Å². The van der Waals surface area contributed by atoms with Crippen LogP contribution in [-0.4, -0.2) is 9.13 Å². The fourth-order valence-electron chi connectivity index (χ4n) is 10.5. The van der Waals surface area contributed by atoms with Crippen LogP contribution in [0.1, 0.15) is 33.4 Å². The van der Waals surface area contributed by atoms with Crippen LogP contribution in [0, 0.1) is 56.7 Å². The minimum Gasteiger partial charge on any atom is -0.308 e. The highest BCUT2D eigenvalue weighted by atomic mass is 19.4. The number of fused-ring (bicyclic) bond motifs is 6. The number of alkyl halides is 3. The maximum Gasteiger partial charge on any atom is 0.416 e. The molecule has 2 heterocycles. The zero-order chi connectivity index (χ0) is 52.2. The number of nitriles is 5. The smallest absolute Gasteiger partial charge is 0.308 e. The second-order valence-electron chi connectivity index (χ2n) is 18.4. The average Bonchev–Trinajstić information content (AvgIpc) is 3.99. The van der Waals surface area contributed by atoms with E-state index >= 15 is 13.2 Å². The third-order valence-electron chi connectivity index (χ3n) is 14.0. The molecule has 0 fully saturated rings. The number of aromatic nitrogens is 2. The van der Waals surface area contributed by atoms with Gasteiger partial charge < -0.3 is 9.13 Å². The maximum atomic E-state index is 15.1. The Labute approximate surface area is 433 Å². The quantitative estimate of drug-likeness (QED) is 0.157. The van der Waals surface area contributed by atoms with Crippen LogP contribution in [0.4, 0.5) is 13.2 Å². The second-order valence-corrected chi connectivity index (χ2v) is 18.4. The molecular weight excluding hydrogens is 948 g/mol. The van der Waals surface area contributed by atoms with Crippen molar-refractivity contribution in [1.82, 2.24) is 9.13 Å². The summed E-state index contributed by atoms with van der Waals surface area (Å²) >= 11 is 0. The van der Waals surface area contributed by atoms with Crippen molar-refractivity contribution in [3.63, 3.8) is 0 Å². The van der Waals surface area contributed by atoms with E-state index in [2.05, 4.69) is 30.3 Å². The summed E-state index contributed by atoms with van der Waals surface area (Å²) in [6, 6.07) is 72.9. The summed E-state index contributed by atoms with van der Waals surface area (Å²) in [6.07, 6.45) is -4.72. The third-order valence-corrected chi connectivity index (χ3v) is 14.0. The van der Waals surface area contributed by atoms with Gasteiger partial charge >= 0.3 is 6.18 Å². The van der Waals surface area contributed by atoms with Gasteiger partial charge in [-0.1, -0.05) is 109 Å². The van der Waals surface area contributed by atoms with Gasteiger partial charge in [-0.05, 0) is 147 Å². The highest BCUT2D eigenvalue weighted by Gasteiger charge is 2.32. The van der Waals surface area contributed by atoms with Crippen LogP contribution in [-0.2, 0) is 6.18 Å². The van der Waals surface area contributed by atoms with E-state index in [-0.39, 0.29) is 11.1 Å². The second kappa shape index (κ2) is 18.3. The number of hydrogen-bond donors (Lipinski definition) is 0. The van der Waals surface area contributed by atoms with Gasteiger partial charge in [-0.25, -0.2) is 0 Å². The lowest BCUT2D eigenvalue weighted by atomic mass is 9.96. The molecule has 0 aliphatic carbocycles. The molecule has 0 atom stereocenters. The summed E-state index contributed by atoms with van der Waals surface area (Å²) in [6.45, 7) is 0. The largest absolute Gasteiger partial charge is 0.416 e. The molecule has 0 radical (unpaired) electrons. The molecule has 0 spiro atoms. The Morgan fingerprint density at radius 1 is 0.289 bits per heavy atom. The van der Waals surface area contributed by atoms with Crippen LogP contribution in [0.3, 0.4) is 0 Å². The van der Waals surface area contributed by atoms with Gasteiger partial charge in [0.2, 0.25) is 0 Å². The van der Waals surface area contributed by atoms with Crippen LogP contribution in [0.5, 0.6) is 0 Å². The minimum atomic E-state index is -4.72. The van der Waals surface area contributed by atoms with Crippen LogP contribution in [0.15, 0.2) is 206 Å². The first-order valence-corrected chi connectivity index (χ1v) is 24.0. The van der Waals surface area contributed by atoms with Gasteiger partial charge in [0.15, 0.2) is 0 Å². The van der Waals surface area contributed by atoms with E-state index in [4.69, 9.17) is 0 Å². The summed E-state index contributed by atoms with van der Waals surface area (Å²) in [7, 11) is 0. The first-order valence-electron chi connectivity index (χ1n) is 24.0. The molecule has 0 N–H and O–H groups in total. The molecule has 0 amide bonds. The van der Waals surface area contributed by atoms with Crippen LogP contribution in [0.25, 0.3) is 111 Å². The normalized spacial score (nSPS) is 11.3. The van der Waals surface area contributed by atoms with Gasteiger partial charge in [0, 0.05) is 27.1 Å². The van der Waals surface area contributed by atoms with Crippen molar-refractivity contribution in [3.8, 4) is 97.4 Å². The molecule has 0 bridgehead atoms. The van der Waals surface area contributed by atoms with Crippen LogP contribution < -0.4 is 0 Å². The summed E-state index contributed by atoms with van der Waals surface area (Å²) in [5.41, 5.74) is 11.5. The van der Waals surface area contributed by atoms with Crippen molar-refractivity contribution in [2.75, 3.05) is 0 Å². The van der Waals surface area contributed by atoms with Gasteiger partial charge in [-0.3, -0.25) is 0 Å². The summed E-state index contributed by atoms with van der Waals surface area (Å²) in [5, 5.41) is 54.1. The molecule has 0 unspecified atom stereocenters. The topological polar surface area (TPSA) is 129 Å². The molecular formula is C66H34F3N7. The van der Waals surface area contributed by atoms with Crippen molar-refractivity contribution in [1.29, 1.82) is 26.3 Å². The van der Waals surface area contributed by atoms with Gasteiger partial charge in [-0.15, -0.1) is 0 Å². The first kappa shape index (κ1) is 46.1. The van der Waals surface area contributed by atoms with Crippen molar-refractivity contribution >= 4 is 43.6 Å². The van der Waals surface area contributed by atoms with Gasteiger partial charge in [0.05, 0.1) is 97.2 Å². The highest BCUT2D eigenvalue weighted by Crippen LogP contribution is 2.46. The van der Waals surface area contributed by atoms with E-state index in [0.29, 0.717) is 61.3 Å². The van der Waals surface area contributed by atoms with Crippen LogP contribution in [0.2, 0.25) is 0 Å². The lowest BCUT2D eigenvalue weighted by Gasteiger charge is -2.22. The Balaban J connectivity index is 1.26. The Bertz CT molecular complexity index is 4170. The lowest BCUT2D eigenvalue weighted by Crippen LogP contribution is -2.07. The molecule has 7 nitrogen and oxygen atoms in total.